The molecule has 0 aliphatic heterocycles. The van der Waals surface area contributed by atoms with Gasteiger partial charge >= 0.3 is 39.5 Å². The average Bonchev–Trinajstić information content (AvgIpc) is 1.32. The van der Waals surface area contributed by atoms with E-state index in [-0.39, 0.29) is 25.7 Å². The van der Waals surface area contributed by atoms with Gasteiger partial charge in [-0.25, -0.2) is 9.13 Å². The van der Waals surface area contributed by atoms with Crippen molar-refractivity contribution < 1.29 is 80.2 Å². The van der Waals surface area contributed by atoms with Crippen LogP contribution in [0.2, 0.25) is 0 Å². The van der Waals surface area contributed by atoms with Crippen molar-refractivity contribution in [1.82, 2.24) is 0 Å². The Morgan fingerprint density at radius 2 is 0.526 bits per heavy atom. The number of ether oxygens (including phenoxy) is 4. The SMILES string of the molecule is CCCCCCCCCCCCCC(=O)O[C@H](COC(=O)CCCCCCC)COP(=O)(O)OC[C@H](O)COP(=O)(O)OC[C@@H](COC(=O)CCCCCCCCCCCCCCCCCCC(C)C)OC(=O)CCCCCCCCCCCCCCCCCCCCC(C)CC. The predicted molar refractivity (Wildman–Crippen MR) is 395 cm³/mol. The smallest absolute Gasteiger partial charge is 0.462 e. The Hall–Kier alpha value is -1.94. The number of aliphatic hydroxyl groups is 1. The highest BCUT2D eigenvalue weighted by atomic mass is 31.2. The average molecular weight is 1420 g/mol. The minimum Gasteiger partial charge on any atom is -0.462 e. The van der Waals surface area contributed by atoms with Crippen LogP contribution in [0.1, 0.15) is 408 Å². The maximum atomic E-state index is 13.1. The first-order valence-corrected chi connectivity index (χ1v) is 43.5. The maximum Gasteiger partial charge on any atom is 0.472 e. The Bertz CT molecular complexity index is 1870. The van der Waals surface area contributed by atoms with Gasteiger partial charge in [-0.1, -0.05) is 356 Å². The van der Waals surface area contributed by atoms with Crippen molar-refractivity contribution in [2.45, 2.75) is 426 Å². The van der Waals surface area contributed by atoms with Crippen LogP contribution < -0.4 is 0 Å². The lowest BCUT2D eigenvalue weighted by molar-refractivity contribution is -0.161. The van der Waals surface area contributed by atoms with Crippen molar-refractivity contribution in [3.05, 3.63) is 0 Å². The van der Waals surface area contributed by atoms with Crippen LogP contribution in [0.4, 0.5) is 0 Å². The third-order valence-electron chi connectivity index (χ3n) is 18.6. The van der Waals surface area contributed by atoms with E-state index < -0.39 is 97.5 Å². The second-order valence-electron chi connectivity index (χ2n) is 28.8. The number of unbranched alkanes of at least 4 members (excludes halogenated alkanes) is 46. The van der Waals surface area contributed by atoms with Crippen LogP contribution in [0, 0.1) is 11.8 Å². The summed E-state index contributed by atoms with van der Waals surface area (Å²) in [7, 11) is -9.90. The van der Waals surface area contributed by atoms with Crippen LogP contribution in [-0.4, -0.2) is 96.7 Å². The van der Waals surface area contributed by atoms with Gasteiger partial charge in [-0.2, -0.15) is 0 Å². The number of aliphatic hydroxyl groups excluding tert-OH is 1. The molecule has 0 rings (SSSR count). The summed E-state index contributed by atoms with van der Waals surface area (Å²) in [6, 6.07) is 0. The zero-order valence-electron chi connectivity index (χ0n) is 63.4. The van der Waals surface area contributed by atoms with Gasteiger partial charge in [-0.3, -0.25) is 37.3 Å². The number of hydrogen-bond acceptors (Lipinski definition) is 15. The minimum absolute atomic E-state index is 0.106. The van der Waals surface area contributed by atoms with Crippen LogP contribution >= 0.6 is 15.6 Å². The second-order valence-corrected chi connectivity index (χ2v) is 31.7. The summed E-state index contributed by atoms with van der Waals surface area (Å²) in [5.41, 5.74) is 0. The van der Waals surface area contributed by atoms with Gasteiger partial charge in [0.2, 0.25) is 0 Å². The molecule has 0 radical (unpaired) electrons. The Morgan fingerprint density at radius 1 is 0.299 bits per heavy atom. The third-order valence-corrected chi connectivity index (χ3v) is 20.5. The van der Waals surface area contributed by atoms with Gasteiger partial charge in [0.1, 0.15) is 19.3 Å². The lowest BCUT2D eigenvalue weighted by Crippen LogP contribution is -2.30. The summed E-state index contributed by atoms with van der Waals surface area (Å²) in [5.74, 6) is -0.441. The fourth-order valence-corrected chi connectivity index (χ4v) is 13.6. The predicted octanol–water partition coefficient (Wildman–Crippen LogP) is 23.1. The lowest BCUT2D eigenvalue weighted by atomic mass is 9.99. The zero-order valence-corrected chi connectivity index (χ0v) is 65.2. The molecule has 0 saturated carbocycles. The fraction of sp³-hybridized carbons (Fsp3) is 0.949. The van der Waals surface area contributed by atoms with Crippen molar-refractivity contribution in [3.8, 4) is 0 Å². The van der Waals surface area contributed by atoms with Gasteiger partial charge in [0.25, 0.3) is 0 Å². The molecule has 0 aliphatic carbocycles. The number of carbonyl (C=O) groups is 4. The first kappa shape index (κ1) is 95.1. The highest BCUT2D eigenvalue weighted by molar-refractivity contribution is 7.47. The second kappa shape index (κ2) is 69.8. The molecule has 576 valence electrons. The van der Waals surface area contributed by atoms with Crippen molar-refractivity contribution >= 4 is 39.5 Å². The summed E-state index contributed by atoms with van der Waals surface area (Å²) in [6.45, 7) is 9.61. The van der Waals surface area contributed by atoms with Crippen LogP contribution in [0.5, 0.6) is 0 Å². The Kier molecular flexibility index (Phi) is 68.4. The molecule has 0 amide bonds. The first-order chi connectivity index (χ1) is 46.9. The van der Waals surface area contributed by atoms with E-state index in [2.05, 4.69) is 41.5 Å². The molecule has 0 aliphatic rings. The van der Waals surface area contributed by atoms with Crippen LogP contribution in [-0.2, 0) is 65.4 Å². The quantitative estimate of drug-likeness (QED) is 0.0222. The topological polar surface area (TPSA) is 237 Å². The summed E-state index contributed by atoms with van der Waals surface area (Å²) >= 11 is 0. The molecular weight excluding hydrogens is 1270 g/mol. The number of phosphoric ester groups is 2. The van der Waals surface area contributed by atoms with E-state index >= 15 is 0 Å². The largest absolute Gasteiger partial charge is 0.472 e. The van der Waals surface area contributed by atoms with Gasteiger partial charge in [-0.05, 0) is 37.5 Å². The molecular formula is C78H152O17P2. The monoisotopic (exact) mass is 1420 g/mol. The Labute approximate surface area is 594 Å². The van der Waals surface area contributed by atoms with Gasteiger partial charge < -0.3 is 33.8 Å². The summed E-state index contributed by atoms with van der Waals surface area (Å²) in [6.07, 6.45) is 58.8. The van der Waals surface area contributed by atoms with Gasteiger partial charge in [0.05, 0.1) is 26.4 Å². The number of phosphoric acid groups is 2. The molecule has 17 nitrogen and oxygen atoms in total. The molecule has 3 N–H and O–H groups in total. The van der Waals surface area contributed by atoms with E-state index in [1.165, 1.54) is 218 Å². The molecule has 0 aromatic heterocycles. The third kappa shape index (κ3) is 70.9. The Balaban J connectivity index is 5.11. The van der Waals surface area contributed by atoms with Crippen molar-refractivity contribution in [2.75, 3.05) is 39.6 Å². The maximum absolute atomic E-state index is 13.1. The summed E-state index contributed by atoms with van der Waals surface area (Å²) < 4.78 is 68.3. The molecule has 0 aromatic rings. The van der Waals surface area contributed by atoms with E-state index in [1.54, 1.807) is 0 Å². The lowest BCUT2D eigenvalue weighted by Gasteiger charge is -2.21. The highest BCUT2D eigenvalue weighted by Crippen LogP contribution is 2.45. The molecule has 6 atom stereocenters. The van der Waals surface area contributed by atoms with Gasteiger partial charge in [0, 0.05) is 25.7 Å². The number of esters is 4. The molecule has 0 aromatic carbocycles. The van der Waals surface area contributed by atoms with Gasteiger partial charge in [0.15, 0.2) is 12.2 Å². The zero-order chi connectivity index (χ0) is 71.4. The van der Waals surface area contributed by atoms with Crippen molar-refractivity contribution in [2.24, 2.45) is 11.8 Å². The Morgan fingerprint density at radius 3 is 0.784 bits per heavy atom. The minimum atomic E-state index is -4.96. The van der Waals surface area contributed by atoms with Crippen LogP contribution in [0.25, 0.3) is 0 Å². The summed E-state index contributed by atoms with van der Waals surface area (Å²) in [5, 5.41) is 10.6. The van der Waals surface area contributed by atoms with E-state index in [0.717, 1.165) is 108 Å². The molecule has 0 heterocycles. The molecule has 97 heavy (non-hydrogen) atoms. The van der Waals surface area contributed by atoms with E-state index in [9.17, 15) is 43.2 Å². The highest BCUT2D eigenvalue weighted by Gasteiger charge is 2.30. The first-order valence-electron chi connectivity index (χ1n) is 40.5. The molecule has 0 fully saturated rings. The standard InChI is InChI=1S/C78H152O17P2/c1-7-10-12-14-15-16-31-39-44-50-56-62-77(82)94-73(66-88-75(80)60-54-46-13-11-8-2)68-92-96(84,85)90-64-72(79)65-91-97(86,87)93-69-74(67-89-76(81)61-55-49-43-38-34-29-25-22-21-23-27-32-36-41-47-52-58-70(4)5)95-78(83)63-57-51-45-40-35-30-26-20-18-17-19-24-28-33-37-42-48-53-59-71(6)9-3/h70-74,79H,7-69H2,1-6H3,(H,84,85)(H,86,87)/t71?,72-,73+,74+/m0/s1. The van der Waals surface area contributed by atoms with Crippen molar-refractivity contribution in [1.29, 1.82) is 0 Å². The normalized spacial score (nSPS) is 14.2. The van der Waals surface area contributed by atoms with Crippen LogP contribution in [0.15, 0.2) is 0 Å². The van der Waals surface area contributed by atoms with Crippen LogP contribution in [0.3, 0.4) is 0 Å². The molecule has 0 bridgehead atoms. The van der Waals surface area contributed by atoms with Gasteiger partial charge in [-0.15, -0.1) is 0 Å². The van der Waals surface area contributed by atoms with Crippen molar-refractivity contribution in [3.63, 3.8) is 0 Å². The number of rotatable bonds is 77. The molecule has 19 heteroatoms. The van der Waals surface area contributed by atoms with E-state index in [1.807, 2.05) is 0 Å². The summed E-state index contributed by atoms with van der Waals surface area (Å²) in [4.78, 5) is 72.5. The molecule has 0 spiro atoms. The fourth-order valence-electron chi connectivity index (χ4n) is 12.0. The molecule has 3 unspecified atom stereocenters. The van der Waals surface area contributed by atoms with E-state index in [4.69, 9.17) is 37.0 Å². The van der Waals surface area contributed by atoms with E-state index in [0.29, 0.717) is 25.7 Å². The number of hydrogen-bond donors (Lipinski definition) is 3. The molecule has 0 saturated heterocycles. The number of carbonyl (C=O) groups excluding carboxylic acids is 4.